The number of esters is 1. The molecule has 1 heterocycles. The van der Waals surface area contributed by atoms with Crippen LogP contribution in [0.3, 0.4) is 0 Å². The average molecular weight is 349 g/mol. The fourth-order valence-corrected chi connectivity index (χ4v) is 3.45. The van der Waals surface area contributed by atoms with Gasteiger partial charge in [-0.15, -0.1) is 0 Å². The lowest BCUT2D eigenvalue weighted by Gasteiger charge is -2.43. The van der Waals surface area contributed by atoms with Crippen LogP contribution in [0.25, 0.3) is 0 Å². The van der Waals surface area contributed by atoms with Gasteiger partial charge in [0.25, 0.3) is 0 Å². The van der Waals surface area contributed by atoms with E-state index in [4.69, 9.17) is 14.2 Å². The van der Waals surface area contributed by atoms with Crippen molar-refractivity contribution in [2.45, 2.75) is 26.4 Å². The minimum atomic E-state index is -0.839. The number of nitrogens with zero attached hydrogens (tertiary/aromatic N) is 1. The molecule has 1 fully saturated rings. The van der Waals surface area contributed by atoms with Crippen LogP contribution in [-0.4, -0.2) is 50.9 Å². The monoisotopic (exact) mass is 349 g/mol. The Morgan fingerprint density at radius 3 is 2.56 bits per heavy atom. The van der Waals surface area contributed by atoms with Gasteiger partial charge in [0.05, 0.1) is 13.7 Å². The van der Waals surface area contributed by atoms with Gasteiger partial charge in [0.1, 0.15) is 12.0 Å². The standard InChI is InChI=1S/C19H27NO5/c1-4-15-10-19(14-23-2,17(21)24-3)13-20(11-15)18(22)25-12-16-8-6-5-7-9-16/h5-9,15H,4,10-14H2,1-3H3/t15-,19-/m1/s1. The van der Waals surface area contributed by atoms with E-state index < -0.39 is 11.5 Å². The maximum atomic E-state index is 12.5. The van der Waals surface area contributed by atoms with Crippen molar-refractivity contribution in [3.8, 4) is 0 Å². The quantitative estimate of drug-likeness (QED) is 0.739. The van der Waals surface area contributed by atoms with Crippen LogP contribution in [0.15, 0.2) is 30.3 Å². The highest BCUT2D eigenvalue weighted by atomic mass is 16.6. The summed E-state index contributed by atoms with van der Waals surface area (Å²) in [5.74, 6) is -0.138. The van der Waals surface area contributed by atoms with E-state index in [9.17, 15) is 9.59 Å². The number of likely N-dealkylation sites (tertiary alicyclic amines) is 1. The molecule has 0 N–H and O–H groups in total. The lowest BCUT2D eigenvalue weighted by atomic mass is 9.75. The zero-order chi connectivity index (χ0) is 18.3. The summed E-state index contributed by atoms with van der Waals surface area (Å²) in [6.45, 7) is 3.31. The summed E-state index contributed by atoms with van der Waals surface area (Å²) in [4.78, 5) is 26.6. The van der Waals surface area contributed by atoms with E-state index in [1.165, 1.54) is 7.11 Å². The van der Waals surface area contributed by atoms with Gasteiger partial charge in [-0.05, 0) is 17.9 Å². The van der Waals surface area contributed by atoms with Crippen molar-refractivity contribution in [1.82, 2.24) is 4.90 Å². The van der Waals surface area contributed by atoms with Crippen molar-refractivity contribution in [1.29, 1.82) is 0 Å². The first-order valence-corrected chi connectivity index (χ1v) is 8.57. The lowest BCUT2D eigenvalue weighted by molar-refractivity contribution is -0.162. The number of carbonyl (C=O) groups excluding carboxylic acids is 2. The number of carbonyl (C=O) groups is 2. The third-order valence-corrected chi connectivity index (χ3v) is 4.73. The van der Waals surface area contributed by atoms with E-state index in [-0.39, 0.29) is 31.6 Å². The number of amides is 1. The molecule has 6 heteroatoms. The van der Waals surface area contributed by atoms with Crippen molar-refractivity contribution in [3.05, 3.63) is 35.9 Å². The Morgan fingerprint density at radius 1 is 1.24 bits per heavy atom. The van der Waals surface area contributed by atoms with Gasteiger partial charge in [0.15, 0.2) is 0 Å². The minimum Gasteiger partial charge on any atom is -0.468 e. The SMILES string of the molecule is CC[C@H]1CN(C(=O)OCc2ccccc2)C[C@](COC)(C(=O)OC)C1. The molecule has 2 rings (SSSR count). The molecular weight excluding hydrogens is 322 g/mol. The molecule has 0 spiro atoms. The van der Waals surface area contributed by atoms with E-state index >= 15 is 0 Å². The molecule has 0 unspecified atom stereocenters. The molecular formula is C19H27NO5. The molecule has 0 aliphatic carbocycles. The summed E-state index contributed by atoms with van der Waals surface area (Å²) in [6, 6.07) is 9.53. The molecule has 1 aromatic rings. The Balaban J connectivity index is 2.09. The zero-order valence-electron chi connectivity index (χ0n) is 15.2. The van der Waals surface area contributed by atoms with E-state index in [1.54, 1.807) is 12.0 Å². The predicted molar refractivity (Wildman–Crippen MR) is 92.9 cm³/mol. The summed E-state index contributed by atoms with van der Waals surface area (Å²) < 4.78 is 15.7. The molecule has 1 aromatic carbocycles. The van der Waals surface area contributed by atoms with E-state index in [1.807, 2.05) is 30.3 Å². The molecule has 0 saturated carbocycles. The first kappa shape index (κ1) is 19.2. The fourth-order valence-electron chi connectivity index (χ4n) is 3.45. The summed E-state index contributed by atoms with van der Waals surface area (Å²) in [5.41, 5.74) is 0.0878. The minimum absolute atomic E-state index is 0.201. The third-order valence-electron chi connectivity index (χ3n) is 4.73. The molecule has 2 atom stereocenters. The molecule has 1 aliphatic heterocycles. The number of piperidine rings is 1. The highest BCUT2D eigenvalue weighted by molar-refractivity contribution is 5.79. The van der Waals surface area contributed by atoms with Crippen LogP contribution in [0.4, 0.5) is 4.79 Å². The second-order valence-corrected chi connectivity index (χ2v) is 6.60. The average Bonchev–Trinajstić information content (AvgIpc) is 2.66. The molecule has 1 saturated heterocycles. The van der Waals surface area contributed by atoms with Crippen LogP contribution in [0.5, 0.6) is 0 Å². The van der Waals surface area contributed by atoms with Crippen molar-refractivity contribution < 1.29 is 23.8 Å². The summed E-state index contributed by atoms with van der Waals surface area (Å²) in [6.07, 6.45) is 1.10. The third kappa shape index (κ3) is 4.72. The van der Waals surface area contributed by atoms with Crippen molar-refractivity contribution in [2.75, 3.05) is 33.9 Å². The zero-order valence-corrected chi connectivity index (χ0v) is 15.2. The Kier molecular flexibility index (Phi) is 6.82. The number of methoxy groups -OCH3 is 2. The molecule has 138 valence electrons. The summed E-state index contributed by atoms with van der Waals surface area (Å²) in [7, 11) is 2.92. The number of hydrogen-bond donors (Lipinski definition) is 0. The van der Waals surface area contributed by atoms with E-state index in [0.717, 1.165) is 12.0 Å². The molecule has 0 radical (unpaired) electrons. The maximum Gasteiger partial charge on any atom is 0.410 e. The molecule has 25 heavy (non-hydrogen) atoms. The summed E-state index contributed by atoms with van der Waals surface area (Å²) in [5, 5.41) is 0. The highest BCUT2D eigenvalue weighted by Gasteiger charge is 2.48. The molecule has 1 amide bonds. The first-order chi connectivity index (χ1) is 12.0. The predicted octanol–water partition coefficient (Wildman–Crippen LogP) is 2.86. The van der Waals surface area contributed by atoms with Crippen molar-refractivity contribution >= 4 is 12.1 Å². The van der Waals surface area contributed by atoms with Crippen molar-refractivity contribution in [3.63, 3.8) is 0 Å². The number of hydrogen-bond acceptors (Lipinski definition) is 5. The first-order valence-electron chi connectivity index (χ1n) is 8.57. The van der Waals surface area contributed by atoms with Crippen LogP contribution >= 0.6 is 0 Å². The molecule has 6 nitrogen and oxygen atoms in total. The van der Waals surface area contributed by atoms with Gasteiger partial charge in [0, 0.05) is 20.2 Å². The Bertz CT molecular complexity index is 576. The molecule has 0 aromatic heterocycles. The lowest BCUT2D eigenvalue weighted by Crippen LogP contribution is -2.55. The van der Waals surface area contributed by atoms with Gasteiger partial charge in [-0.1, -0.05) is 43.7 Å². The smallest absolute Gasteiger partial charge is 0.410 e. The van der Waals surface area contributed by atoms with Crippen LogP contribution in [0.1, 0.15) is 25.3 Å². The van der Waals surface area contributed by atoms with Crippen LogP contribution in [-0.2, 0) is 25.6 Å². The second-order valence-electron chi connectivity index (χ2n) is 6.60. The Morgan fingerprint density at radius 2 is 1.96 bits per heavy atom. The fraction of sp³-hybridized carbons (Fsp3) is 0.579. The largest absolute Gasteiger partial charge is 0.468 e. The number of benzene rings is 1. The Hall–Kier alpha value is -2.08. The van der Waals surface area contributed by atoms with Gasteiger partial charge >= 0.3 is 12.1 Å². The molecule has 0 bridgehead atoms. The van der Waals surface area contributed by atoms with Gasteiger partial charge in [-0.25, -0.2) is 4.79 Å². The second kappa shape index (κ2) is 8.85. The van der Waals surface area contributed by atoms with Crippen LogP contribution in [0.2, 0.25) is 0 Å². The Labute approximate surface area is 149 Å². The van der Waals surface area contributed by atoms with Crippen LogP contribution in [0, 0.1) is 11.3 Å². The summed E-state index contributed by atoms with van der Waals surface area (Å²) >= 11 is 0. The normalized spacial score (nSPS) is 23.2. The van der Waals surface area contributed by atoms with Gasteiger partial charge < -0.3 is 19.1 Å². The van der Waals surface area contributed by atoms with Gasteiger partial charge in [0.2, 0.25) is 0 Å². The topological polar surface area (TPSA) is 65.1 Å². The van der Waals surface area contributed by atoms with Gasteiger partial charge in [-0.2, -0.15) is 0 Å². The van der Waals surface area contributed by atoms with E-state index in [2.05, 4.69) is 6.92 Å². The van der Waals surface area contributed by atoms with Crippen molar-refractivity contribution in [2.24, 2.45) is 11.3 Å². The maximum absolute atomic E-state index is 12.5. The highest BCUT2D eigenvalue weighted by Crippen LogP contribution is 2.36. The van der Waals surface area contributed by atoms with E-state index in [0.29, 0.717) is 13.0 Å². The number of rotatable bonds is 6. The molecule has 1 aliphatic rings. The van der Waals surface area contributed by atoms with Gasteiger partial charge in [-0.3, -0.25) is 4.79 Å². The number of ether oxygens (including phenoxy) is 3. The van der Waals surface area contributed by atoms with Crippen LogP contribution < -0.4 is 0 Å².